The van der Waals surface area contributed by atoms with Crippen LogP contribution in [0.4, 0.5) is 11.5 Å². The zero-order valence-corrected chi connectivity index (χ0v) is 16.9. The normalized spacial score (nSPS) is 10.8. The predicted molar refractivity (Wildman–Crippen MR) is 117 cm³/mol. The number of aromatic nitrogens is 3. The van der Waals surface area contributed by atoms with Gasteiger partial charge in [-0.25, -0.2) is 0 Å². The van der Waals surface area contributed by atoms with Gasteiger partial charge in [-0.15, -0.1) is 11.3 Å². The van der Waals surface area contributed by atoms with Crippen molar-refractivity contribution in [3.8, 4) is 10.6 Å². The molecule has 0 aliphatic carbocycles. The van der Waals surface area contributed by atoms with Crippen LogP contribution in [0.15, 0.2) is 60.8 Å². The summed E-state index contributed by atoms with van der Waals surface area (Å²) in [7, 11) is 0. The van der Waals surface area contributed by atoms with Crippen LogP contribution in [0.25, 0.3) is 10.6 Å². The van der Waals surface area contributed by atoms with Crippen LogP contribution >= 0.6 is 22.9 Å². The Balaban J connectivity index is 1.50. The van der Waals surface area contributed by atoms with Crippen molar-refractivity contribution in [1.29, 1.82) is 0 Å². The molecule has 0 aliphatic rings. The number of rotatable bonds is 7. The SMILES string of the molecule is NC(=O)c1c(Nc2cccc(Cl)c2)n[nH]c1CCc1ccc(-c2ccccn2)s1. The number of aryl methyl sites for hydroxylation is 2. The largest absolute Gasteiger partial charge is 0.365 e. The second kappa shape index (κ2) is 8.46. The highest BCUT2D eigenvalue weighted by atomic mass is 35.5. The summed E-state index contributed by atoms with van der Waals surface area (Å²) >= 11 is 7.71. The molecule has 29 heavy (non-hydrogen) atoms. The third kappa shape index (κ3) is 4.47. The Labute approximate surface area is 176 Å². The number of thiophene rings is 1. The third-order valence-electron chi connectivity index (χ3n) is 4.38. The number of hydrogen-bond acceptors (Lipinski definition) is 5. The van der Waals surface area contributed by atoms with Gasteiger partial charge in [0.1, 0.15) is 5.56 Å². The van der Waals surface area contributed by atoms with Crippen LogP contribution in [-0.2, 0) is 12.8 Å². The Hall–Kier alpha value is -3.16. The zero-order chi connectivity index (χ0) is 20.2. The lowest BCUT2D eigenvalue weighted by atomic mass is 10.1. The van der Waals surface area contributed by atoms with Crippen LogP contribution in [0, 0.1) is 0 Å². The molecule has 0 bridgehead atoms. The quantitative estimate of drug-likeness (QED) is 0.397. The summed E-state index contributed by atoms with van der Waals surface area (Å²) in [6.45, 7) is 0. The first-order valence-electron chi connectivity index (χ1n) is 9.00. The van der Waals surface area contributed by atoms with Gasteiger partial charge in [0.25, 0.3) is 5.91 Å². The molecule has 3 aromatic heterocycles. The van der Waals surface area contributed by atoms with E-state index >= 15 is 0 Å². The molecule has 8 heteroatoms. The van der Waals surface area contributed by atoms with Crippen molar-refractivity contribution in [2.24, 2.45) is 5.73 Å². The Morgan fingerprint density at radius 3 is 2.79 bits per heavy atom. The number of primary amides is 1. The smallest absolute Gasteiger partial charge is 0.254 e. The number of carbonyl (C=O) groups is 1. The summed E-state index contributed by atoms with van der Waals surface area (Å²) in [5, 5.41) is 10.9. The summed E-state index contributed by atoms with van der Waals surface area (Å²) in [6, 6.07) is 17.2. The molecule has 6 nitrogen and oxygen atoms in total. The fourth-order valence-corrected chi connectivity index (χ4v) is 4.20. The zero-order valence-electron chi connectivity index (χ0n) is 15.4. The number of nitrogens with zero attached hydrogens (tertiary/aromatic N) is 2. The molecule has 0 radical (unpaired) electrons. The summed E-state index contributed by atoms with van der Waals surface area (Å²) in [4.78, 5) is 18.7. The van der Waals surface area contributed by atoms with E-state index in [1.807, 2.05) is 30.3 Å². The molecule has 0 aliphatic heterocycles. The minimum Gasteiger partial charge on any atom is -0.365 e. The van der Waals surface area contributed by atoms with E-state index in [-0.39, 0.29) is 0 Å². The maximum atomic E-state index is 12.1. The first-order chi connectivity index (χ1) is 14.1. The molecule has 0 saturated carbocycles. The molecule has 0 fully saturated rings. The van der Waals surface area contributed by atoms with E-state index < -0.39 is 5.91 Å². The molecular weight excluding hydrogens is 406 g/mol. The van der Waals surface area contributed by atoms with Gasteiger partial charge < -0.3 is 11.1 Å². The molecule has 0 atom stereocenters. The molecular formula is C21H18ClN5OS. The lowest BCUT2D eigenvalue weighted by Gasteiger charge is -2.06. The lowest BCUT2D eigenvalue weighted by Crippen LogP contribution is -2.14. The fraction of sp³-hybridized carbons (Fsp3) is 0.0952. The summed E-state index contributed by atoms with van der Waals surface area (Å²) in [6.07, 6.45) is 3.16. The highest BCUT2D eigenvalue weighted by Crippen LogP contribution is 2.28. The minimum absolute atomic E-state index is 0.367. The number of pyridine rings is 1. The number of anilines is 2. The van der Waals surface area contributed by atoms with Crippen molar-refractivity contribution in [2.75, 3.05) is 5.32 Å². The van der Waals surface area contributed by atoms with E-state index in [9.17, 15) is 4.79 Å². The standard InChI is InChI=1S/C21H18ClN5OS/c22-13-4-3-5-14(12-13)25-21-19(20(23)28)17(26-27-21)9-7-15-8-10-18(29-15)16-6-1-2-11-24-16/h1-6,8,10-12H,7,9H2,(H2,23,28)(H2,25,26,27). The first-order valence-corrected chi connectivity index (χ1v) is 10.2. The Morgan fingerprint density at radius 2 is 2.03 bits per heavy atom. The highest BCUT2D eigenvalue weighted by molar-refractivity contribution is 7.15. The summed E-state index contributed by atoms with van der Waals surface area (Å²) < 4.78 is 0. The number of nitrogens with one attached hydrogen (secondary N) is 2. The van der Waals surface area contributed by atoms with Gasteiger partial charge in [-0.05, 0) is 55.3 Å². The van der Waals surface area contributed by atoms with Crippen molar-refractivity contribution in [1.82, 2.24) is 15.2 Å². The van der Waals surface area contributed by atoms with Crippen molar-refractivity contribution in [3.63, 3.8) is 0 Å². The second-order valence-electron chi connectivity index (χ2n) is 6.41. The number of carbonyl (C=O) groups excluding carboxylic acids is 1. The molecule has 0 spiro atoms. The third-order valence-corrected chi connectivity index (χ3v) is 5.78. The number of halogens is 1. The molecule has 4 aromatic rings. The molecule has 4 rings (SSSR count). The van der Waals surface area contributed by atoms with Gasteiger partial charge in [-0.2, -0.15) is 5.10 Å². The number of H-pyrrole nitrogens is 1. The molecule has 0 unspecified atom stereocenters. The molecule has 4 N–H and O–H groups in total. The van der Waals surface area contributed by atoms with E-state index in [1.54, 1.807) is 29.7 Å². The van der Waals surface area contributed by atoms with Crippen LogP contribution in [-0.4, -0.2) is 21.1 Å². The number of hydrogen-bond donors (Lipinski definition) is 3. The topological polar surface area (TPSA) is 96.7 Å². The number of aromatic amines is 1. The van der Waals surface area contributed by atoms with Crippen LogP contribution in [0.3, 0.4) is 0 Å². The van der Waals surface area contributed by atoms with Gasteiger partial charge in [0.2, 0.25) is 0 Å². The summed E-state index contributed by atoms with van der Waals surface area (Å²) in [5.74, 6) is -0.131. The van der Waals surface area contributed by atoms with Gasteiger partial charge >= 0.3 is 0 Å². The number of amides is 1. The lowest BCUT2D eigenvalue weighted by molar-refractivity contribution is 0.1000. The summed E-state index contributed by atoms with van der Waals surface area (Å²) in [5.41, 5.74) is 8.38. The molecule has 146 valence electrons. The predicted octanol–water partition coefficient (Wildman–Crippen LogP) is 4.81. The van der Waals surface area contributed by atoms with Crippen LogP contribution in [0.1, 0.15) is 20.9 Å². The van der Waals surface area contributed by atoms with Crippen LogP contribution < -0.4 is 11.1 Å². The molecule has 1 aromatic carbocycles. The average molecular weight is 424 g/mol. The van der Waals surface area contributed by atoms with Crippen LogP contribution in [0.5, 0.6) is 0 Å². The van der Waals surface area contributed by atoms with Gasteiger partial charge in [-0.1, -0.05) is 23.7 Å². The maximum Gasteiger partial charge on any atom is 0.254 e. The van der Waals surface area contributed by atoms with E-state index in [0.29, 0.717) is 28.5 Å². The Kier molecular flexibility index (Phi) is 5.59. The first kappa shape index (κ1) is 19.2. The van der Waals surface area contributed by atoms with E-state index in [2.05, 4.69) is 32.6 Å². The van der Waals surface area contributed by atoms with Gasteiger partial charge in [0.05, 0.1) is 16.3 Å². The molecule has 3 heterocycles. The second-order valence-corrected chi connectivity index (χ2v) is 8.01. The number of nitrogens with two attached hydrogens (primary N) is 1. The van der Waals surface area contributed by atoms with Gasteiger partial charge in [0, 0.05) is 21.8 Å². The van der Waals surface area contributed by atoms with E-state index in [4.69, 9.17) is 17.3 Å². The minimum atomic E-state index is -0.529. The number of benzene rings is 1. The van der Waals surface area contributed by atoms with Crippen molar-refractivity contribution < 1.29 is 4.79 Å². The monoisotopic (exact) mass is 423 g/mol. The Bertz CT molecular complexity index is 1140. The molecule has 0 saturated heterocycles. The highest BCUT2D eigenvalue weighted by Gasteiger charge is 2.19. The average Bonchev–Trinajstić information content (AvgIpc) is 3.34. The van der Waals surface area contributed by atoms with Crippen LogP contribution in [0.2, 0.25) is 5.02 Å². The van der Waals surface area contributed by atoms with E-state index in [0.717, 1.165) is 22.7 Å². The molecule has 1 amide bonds. The van der Waals surface area contributed by atoms with Gasteiger partial charge in [-0.3, -0.25) is 14.9 Å². The van der Waals surface area contributed by atoms with E-state index in [1.165, 1.54) is 4.88 Å². The van der Waals surface area contributed by atoms with Gasteiger partial charge in [0.15, 0.2) is 5.82 Å². The fourth-order valence-electron chi connectivity index (χ4n) is 3.02. The Morgan fingerprint density at radius 1 is 1.14 bits per heavy atom. The van der Waals surface area contributed by atoms with Crippen molar-refractivity contribution in [2.45, 2.75) is 12.8 Å². The maximum absolute atomic E-state index is 12.1. The van der Waals surface area contributed by atoms with Crippen molar-refractivity contribution in [3.05, 3.63) is 82.0 Å². The van der Waals surface area contributed by atoms with Crippen molar-refractivity contribution >= 4 is 40.4 Å².